The Kier molecular flexibility index (Phi) is 3.68. The largest absolute Gasteiger partial charge is 0.369 e. The Morgan fingerprint density at radius 2 is 2.13 bits per heavy atom. The molecule has 1 aliphatic heterocycles. The van der Waals surface area contributed by atoms with Gasteiger partial charge >= 0.3 is 0 Å². The summed E-state index contributed by atoms with van der Waals surface area (Å²) in [4.78, 5) is 22.6. The molecule has 0 aliphatic carbocycles. The van der Waals surface area contributed by atoms with E-state index in [0.717, 1.165) is 16.9 Å². The molecular weight excluding hydrogens is 315 g/mol. The van der Waals surface area contributed by atoms with Crippen molar-refractivity contribution in [1.29, 1.82) is 0 Å². The predicted octanol–water partition coefficient (Wildman–Crippen LogP) is 2.65. The van der Waals surface area contributed by atoms with E-state index in [9.17, 15) is 9.18 Å². The average Bonchev–Trinajstić information content (AvgIpc) is 2.87. The molecule has 7 heteroatoms. The zero-order valence-electron chi connectivity index (χ0n) is 13.1. The fraction of sp³-hybridized carbons (Fsp3) is 0.312. The number of carbonyl (C=O) groups excluding carboxylic acids is 1. The Balaban J connectivity index is 2.06. The summed E-state index contributed by atoms with van der Waals surface area (Å²) in [5.41, 5.74) is 7.12. The van der Waals surface area contributed by atoms with E-state index < -0.39 is 5.54 Å². The number of hydrogen-bond donors (Lipinski definition) is 1. The Bertz CT molecular complexity index is 816. The fourth-order valence-corrected chi connectivity index (χ4v) is 3.58. The van der Waals surface area contributed by atoms with Crippen LogP contribution < -0.4 is 5.73 Å². The minimum Gasteiger partial charge on any atom is -0.369 e. The maximum absolute atomic E-state index is 14.4. The minimum absolute atomic E-state index is 0.132. The van der Waals surface area contributed by atoms with E-state index >= 15 is 0 Å². The van der Waals surface area contributed by atoms with Gasteiger partial charge in [0.2, 0.25) is 5.91 Å². The van der Waals surface area contributed by atoms with Gasteiger partial charge in [-0.15, -0.1) is 11.3 Å². The molecule has 1 aliphatic rings. The molecule has 2 aromatic heterocycles. The summed E-state index contributed by atoms with van der Waals surface area (Å²) in [7, 11) is 1.58. The van der Waals surface area contributed by atoms with Crippen molar-refractivity contribution < 1.29 is 9.18 Å². The third-order valence-electron chi connectivity index (χ3n) is 3.98. The smallest absolute Gasteiger partial charge is 0.231 e. The van der Waals surface area contributed by atoms with Crippen LogP contribution in [0.1, 0.15) is 23.8 Å². The van der Waals surface area contributed by atoms with E-state index in [1.165, 1.54) is 4.90 Å². The Morgan fingerprint density at radius 3 is 2.78 bits per heavy atom. The first-order valence-electron chi connectivity index (χ1n) is 7.14. The van der Waals surface area contributed by atoms with E-state index in [1.54, 1.807) is 32.4 Å². The number of aryl methyl sites for hydroxylation is 1. The van der Waals surface area contributed by atoms with Crippen LogP contribution in [0.5, 0.6) is 0 Å². The van der Waals surface area contributed by atoms with Gasteiger partial charge in [-0.25, -0.2) is 4.99 Å². The van der Waals surface area contributed by atoms with Gasteiger partial charge in [0, 0.05) is 35.4 Å². The van der Waals surface area contributed by atoms with Gasteiger partial charge in [0.15, 0.2) is 11.1 Å². The van der Waals surface area contributed by atoms with Gasteiger partial charge in [-0.1, -0.05) is 0 Å². The van der Waals surface area contributed by atoms with E-state index in [1.807, 2.05) is 13.0 Å². The molecule has 0 fully saturated rings. The lowest BCUT2D eigenvalue weighted by molar-refractivity contribution is -0.128. The molecular formula is C16H17FN4OS. The molecule has 5 nitrogen and oxygen atoms in total. The SMILES string of the molecule is Cc1cncc(-c2cc([C@]3(C)CC(=O)N(C)C(N)=N3)sc2F)c1. The normalized spacial score (nSPS) is 21.5. The van der Waals surface area contributed by atoms with Crippen molar-refractivity contribution in [3.63, 3.8) is 0 Å². The summed E-state index contributed by atoms with van der Waals surface area (Å²) in [6.45, 7) is 3.71. The van der Waals surface area contributed by atoms with Crippen molar-refractivity contribution in [2.45, 2.75) is 25.8 Å². The number of aliphatic imine (C=N–C) groups is 1. The number of pyridine rings is 1. The number of nitrogens with two attached hydrogens (primary N) is 1. The molecule has 3 heterocycles. The quantitative estimate of drug-likeness (QED) is 0.919. The molecule has 1 atom stereocenters. The molecule has 0 saturated heterocycles. The fourth-order valence-electron chi connectivity index (χ4n) is 2.58. The Labute approximate surface area is 137 Å². The minimum atomic E-state index is -0.839. The van der Waals surface area contributed by atoms with Gasteiger partial charge in [-0.2, -0.15) is 4.39 Å². The lowest BCUT2D eigenvalue weighted by Gasteiger charge is -2.32. The first-order chi connectivity index (χ1) is 10.8. The van der Waals surface area contributed by atoms with Crippen molar-refractivity contribution >= 4 is 23.2 Å². The van der Waals surface area contributed by atoms with Gasteiger partial charge in [-0.3, -0.25) is 14.7 Å². The number of carbonyl (C=O) groups is 1. The average molecular weight is 332 g/mol. The van der Waals surface area contributed by atoms with Gasteiger partial charge in [0.05, 0.1) is 6.42 Å². The molecule has 0 saturated carbocycles. The number of nitrogens with zero attached hydrogens (tertiary/aromatic N) is 3. The number of guanidine groups is 1. The maximum Gasteiger partial charge on any atom is 0.231 e. The first kappa shape index (κ1) is 15.6. The van der Waals surface area contributed by atoms with Crippen molar-refractivity contribution in [2.75, 3.05) is 7.05 Å². The molecule has 120 valence electrons. The lowest BCUT2D eigenvalue weighted by atomic mass is 9.93. The first-order valence-corrected chi connectivity index (χ1v) is 7.95. The molecule has 0 aromatic carbocycles. The number of amides is 1. The molecule has 0 radical (unpaired) electrons. The summed E-state index contributed by atoms with van der Waals surface area (Å²) >= 11 is 0.998. The van der Waals surface area contributed by atoms with E-state index in [2.05, 4.69) is 9.98 Å². The topological polar surface area (TPSA) is 71.6 Å². The zero-order valence-corrected chi connectivity index (χ0v) is 13.9. The number of rotatable bonds is 2. The number of hydrogen-bond acceptors (Lipinski definition) is 5. The zero-order chi connectivity index (χ0) is 16.8. The van der Waals surface area contributed by atoms with E-state index in [4.69, 9.17) is 5.73 Å². The number of halogens is 1. The third kappa shape index (κ3) is 2.72. The van der Waals surface area contributed by atoms with Crippen LogP contribution in [0.25, 0.3) is 11.1 Å². The second-order valence-electron chi connectivity index (χ2n) is 5.92. The summed E-state index contributed by atoms with van der Waals surface area (Å²) in [5.74, 6) is 0.0175. The molecule has 2 N–H and O–H groups in total. The van der Waals surface area contributed by atoms with Crippen LogP contribution in [-0.4, -0.2) is 28.8 Å². The maximum atomic E-state index is 14.4. The van der Waals surface area contributed by atoms with Crippen LogP contribution in [0, 0.1) is 12.1 Å². The summed E-state index contributed by atoms with van der Waals surface area (Å²) in [5, 5.41) is -0.311. The molecule has 2 aromatic rings. The number of aromatic nitrogens is 1. The second kappa shape index (κ2) is 5.42. The molecule has 0 unspecified atom stereocenters. The summed E-state index contributed by atoms with van der Waals surface area (Å²) in [6, 6.07) is 3.62. The van der Waals surface area contributed by atoms with Crippen molar-refractivity contribution in [1.82, 2.24) is 9.88 Å². The van der Waals surface area contributed by atoms with Crippen LogP contribution in [0.3, 0.4) is 0 Å². The highest BCUT2D eigenvalue weighted by molar-refractivity contribution is 7.11. The predicted molar refractivity (Wildman–Crippen MR) is 88.6 cm³/mol. The summed E-state index contributed by atoms with van der Waals surface area (Å²) < 4.78 is 14.4. The van der Waals surface area contributed by atoms with Crippen LogP contribution in [0.15, 0.2) is 29.5 Å². The molecule has 1 amide bonds. The molecule has 0 spiro atoms. The van der Waals surface area contributed by atoms with Crippen LogP contribution in [0.2, 0.25) is 0 Å². The highest BCUT2D eigenvalue weighted by atomic mass is 32.1. The van der Waals surface area contributed by atoms with Gasteiger partial charge in [-0.05, 0) is 31.5 Å². The van der Waals surface area contributed by atoms with Crippen LogP contribution in [0.4, 0.5) is 4.39 Å². The third-order valence-corrected chi connectivity index (χ3v) is 5.15. The van der Waals surface area contributed by atoms with E-state index in [0.29, 0.717) is 16.0 Å². The van der Waals surface area contributed by atoms with Crippen LogP contribution >= 0.6 is 11.3 Å². The lowest BCUT2D eigenvalue weighted by Crippen LogP contribution is -2.47. The van der Waals surface area contributed by atoms with E-state index in [-0.39, 0.29) is 23.4 Å². The van der Waals surface area contributed by atoms with Crippen molar-refractivity contribution in [3.05, 3.63) is 40.1 Å². The molecule has 0 bridgehead atoms. The highest BCUT2D eigenvalue weighted by Crippen LogP contribution is 2.41. The standard InChI is InChI=1S/C16H17FN4OS/c1-9-4-10(8-19-7-9)11-5-12(23-14(11)17)16(2)6-13(22)21(3)15(18)20-16/h4-5,7-8H,6H2,1-3H3,(H2,18,20)/t16-/m0/s1. The Morgan fingerprint density at radius 1 is 1.39 bits per heavy atom. The van der Waals surface area contributed by atoms with Gasteiger partial charge < -0.3 is 5.73 Å². The van der Waals surface area contributed by atoms with Crippen LogP contribution in [-0.2, 0) is 10.3 Å². The molecule has 23 heavy (non-hydrogen) atoms. The monoisotopic (exact) mass is 332 g/mol. The van der Waals surface area contributed by atoms with Crippen molar-refractivity contribution in [3.8, 4) is 11.1 Å². The number of thiophene rings is 1. The summed E-state index contributed by atoms with van der Waals surface area (Å²) in [6.07, 6.45) is 3.51. The van der Waals surface area contributed by atoms with Crippen molar-refractivity contribution in [2.24, 2.45) is 10.7 Å². The molecule has 3 rings (SSSR count). The second-order valence-corrected chi connectivity index (χ2v) is 6.92. The van der Waals surface area contributed by atoms with Gasteiger partial charge in [0.1, 0.15) is 5.54 Å². The highest BCUT2D eigenvalue weighted by Gasteiger charge is 2.38. The Hall–Kier alpha value is -2.28. The van der Waals surface area contributed by atoms with Gasteiger partial charge in [0.25, 0.3) is 0 Å².